The molecule has 3 aromatic rings. The maximum Gasteiger partial charge on any atom is 0.415 e. The van der Waals surface area contributed by atoms with Gasteiger partial charge in [0.2, 0.25) is 0 Å². The molecule has 1 aliphatic heterocycles. The minimum absolute atomic E-state index is 0.110. The van der Waals surface area contributed by atoms with Crippen LogP contribution in [0.2, 0.25) is 10.0 Å². The molecular weight excluding hydrogens is 465 g/mol. The molecule has 0 saturated carbocycles. The van der Waals surface area contributed by atoms with Gasteiger partial charge in [-0.1, -0.05) is 53.5 Å². The molecule has 0 aromatic heterocycles. The minimum atomic E-state index is -0.677. The quantitative estimate of drug-likeness (QED) is 0.586. The van der Waals surface area contributed by atoms with Crippen molar-refractivity contribution in [1.29, 1.82) is 0 Å². The summed E-state index contributed by atoms with van der Waals surface area (Å²) in [6.07, 6.45) is -0.0284. The third kappa shape index (κ3) is 4.89. The summed E-state index contributed by atoms with van der Waals surface area (Å²) in [4.78, 5) is 41.0. The summed E-state index contributed by atoms with van der Waals surface area (Å²) in [5.41, 5.74) is 6.17. The Morgan fingerprint density at radius 2 is 1.58 bits per heavy atom. The first kappa shape index (κ1) is 22.9. The van der Waals surface area contributed by atoms with Crippen LogP contribution < -0.4 is 10.5 Å². The van der Waals surface area contributed by atoms with Gasteiger partial charge in [0.05, 0.1) is 15.6 Å². The molecule has 9 heteroatoms. The number of nitrogens with zero attached hydrogens (tertiary/aromatic N) is 2. The molecule has 1 heterocycles. The third-order valence-electron chi connectivity index (χ3n) is 5.54. The number of primary amides is 1. The third-order valence-corrected chi connectivity index (χ3v) is 6.28. The van der Waals surface area contributed by atoms with Gasteiger partial charge in [-0.3, -0.25) is 9.59 Å². The molecule has 0 unspecified atom stereocenters. The monoisotopic (exact) mass is 485 g/mol. The van der Waals surface area contributed by atoms with E-state index in [1.807, 2.05) is 12.1 Å². The van der Waals surface area contributed by atoms with Gasteiger partial charge in [-0.25, -0.2) is 4.79 Å². The van der Waals surface area contributed by atoms with Crippen LogP contribution in [0, 0.1) is 0 Å². The van der Waals surface area contributed by atoms with Gasteiger partial charge in [-0.05, 0) is 41.5 Å². The number of hydrogen-bond donors (Lipinski definition) is 1. The van der Waals surface area contributed by atoms with Crippen LogP contribution >= 0.6 is 23.2 Å². The van der Waals surface area contributed by atoms with Crippen molar-refractivity contribution in [2.75, 3.05) is 26.2 Å². The van der Waals surface area contributed by atoms with Crippen LogP contribution in [0.25, 0.3) is 10.8 Å². The smallest absolute Gasteiger partial charge is 0.409 e. The van der Waals surface area contributed by atoms with Crippen molar-refractivity contribution < 1.29 is 19.1 Å². The number of carbonyl (C=O) groups is 3. The van der Waals surface area contributed by atoms with E-state index in [2.05, 4.69) is 0 Å². The van der Waals surface area contributed by atoms with Crippen molar-refractivity contribution in [3.63, 3.8) is 0 Å². The molecule has 0 bridgehead atoms. The maximum atomic E-state index is 12.9. The van der Waals surface area contributed by atoms with E-state index in [1.54, 1.807) is 41.3 Å². The lowest BCUT2D eigenvalue weighted by Crippen LogP contribution is -2.38. The lowest BCUT2D eigenvalue weighted by Gasteiger charge is -2.22. The number of hydrogen-bond acceptors (Lipinski definition) is 4. The van der Waals surface area contributed by atoms with Crippen molar-refractivity contribution in [3.8, 4) is 5.75 Å². The second-order valence-corrected chi connectivity index (χ2v) is 8.47. The number of benzene rings is 3. The van der Waals surface area contributed by atoms with E-state index < -0.39 is 12.0 Å². The number of fused-ring (bicyclic) bond motifs is 1. The lowest BCUT2D eigenvalue weighted by molar-refractivity contribution is 0.0759. The lowest BCUT2D eigenvalue weighted by atomic mass is 10.0. The summed E-state index contributed by atoms with van der Waals surface area (Å²) in [6, 6.07) is 15.3. The number of nitrogens with two attached hydrogens (primary N) is 1. The first-order chi connectivity index (χ1) is 15.8. The number of rotatable bonds is 3. The molecule has 33 heavy (non-hydrogen) atoms. The average molecular weight is 486 g/mol. The molecule has 0 spiro atoms. The van der Waals surface area contributed by atoms with E-state index in [4.69, 9.17) is 33.7 Å². The molecule has 170 valence electrons. The Morgan fingerprint density at radius 1 is 0.848 bits per heavy atom. The first-order valence-corrected chi connectivity index (χ1v) is 11.1. The van der Waals surface area contributed by atoms with Gasteiger partial charge in [0.25, 0.3) is 11.8 Å². The summed E-state index contributed by atoms with van der Waals surface area (Å²) in [6.45, 7) is 1.49. The second-order valence-electron chi connectivity index (χ2n) is 7.65. The zero-order chi connectivity index (χ0) is 23.5. The topological polar surface area (TPSA) is 92.9 Å². The number of halogens is 2. The van der Waals surface area contributed by atoms with Crippen molar-refractivity contribution in [2.45, 2.75) is 6.42 Å². The zero-order valence-corrected chi connectivity index (χ0v) is 19.1. The summed E-state index contributed by atoms with van der Waals surface area (Å²) in [5.74, 6) is -0.752. The maximum absolute atomic E-state index is 12.9. The van der Waals surface area contributed by atoms with Crippen LogP contribution in [0.15, 0.2) is 54.6 Å². The molecule has 3 aromatic carbocycles. The molecular formula is C24H21Cl2N3O4. The molecule has 2 N–H and O–H groups in total. The van der Waals surface area contributed by atoms with E-state index in [0.717, 1.165) is 5.39 Å². The average Bonchev–Trinajstić information content (AvgIpc) is 3.06. The fraction of sp³-hybridized carbons (Fsp3) is 0.208. The van der Waals surface area contributed by atoms with Crippen LogP contribution in [0.3, 0.4) is 0 Å². The zero-order valence-electron chi connectivity index (χ0n) is 17.6. The minimum Gasteiger partial charge on any atom is -0.409 e. The highest BCUT2D eigenvalue weighted by Gasteiger charge is 2.25. The molecule has 0 atom stereocenters. The van der Waals surface area contributed by atoms with E-state index in [-0.39, 0.29) is 23.8 Å². The normalized spacial score (nSPS) is 14.1. The van der Waals surface area contributed by atoms with Gasteiger partial charge in [0.1, 0.15) is 5.75 Å². The Kier molecular flexibility index (Phi) is 6.72. The predicted octanol–water partition coefficient (Wildman–Crippen LogP) is 4.59. The highest BCUT2D eigenvalue weighted by Crippen LogP contribution is 2.28. The van der Waals surface area contributed by atoms with Crippen LogP contribution in [0.5, 0.6) is 5.75 Å². The summed E-state index contributed by atoms with van der Waals surface area (Å²) in [5, 5.41) is 2.12. The highest BCUT2D eigenvalue weighted by atomic mass is 35.5. The Morgan fingerprint density at radius 3 is 2.33 bits per heavy atom. The molecule has 1 fully saturated rings. The van der Waals surface area contributed by atoms with Crippen LogP contribution in [0.4, 0.5) is 4.79 Å². The van der Waals surface area contributed by atoms with E-state index in [1.165, 1.54) is 11.0 Å². The first-order valence-electron chi connectivity index (χ1n) is 10.4. The molecule has 0 radical (unpaired) electrons. The number of carbonyl (C=O) groups excluding carboxylic acids is 3. The molecule has 1 saturated heterocycles. The predicted molar refractivity (Wildman–Crippen MR) is 127 cm³/mol. The number of amides is 3. The van der Waals surface area contributed by atoms with Crippen molar-refractivity contribution in [2.24, 2.45) is 5.73 Å². The Balaban J connectivity index is 1.47. The van der Waals surface area contributed by atoms with Gasteiger partial charge in [-0.15, -0.1) is 0 Å². The second kappa shape index (κ2) is 9.68. The number of ether oxygens (including phenoxy) is 1. The van der Waals surface area contributed by atoms with E-state index >= 15 is 0 Å². The Hall–Kier alpha value is -3.29. The standard InChI is InChI=1S/C24H21Cl2N3O4/c25-18-8-6-16(14-19(18)26)23(31)28-10-3-11-29(13-12-28)24(32)33-20-9-7-15-4-1-2-5-17(15)21(20)22(27)30/h1-2,4-9,14H,3,10-13H2,(H2,27,30). The largest absolute Gasteiger partial charge is 0.415 e. The summed E-state index contributed by atoms with van der Waals surface area (Å²) in [7, 11) is 0. The van der Waals surface area contributed by atoms with Crippen molar-refractivity contribution in [1.82, 2.24) is 9.80 Å². The SMILES string of the molecule is NC(=O)c1c(OC(=O)N2CCCN(C(=O)c3ccc(Cl)c(Cl)c3)CC2)ccc2ccccc12. The molecule has 4 rings (SSSR count). The molecule has 1 aliphatic rings. The summed E-state index contributed by atoms with van der Waals surface area (Å²) >= 11 is 12.0. The highest BCUT2D eigenvalue weighted by molar-refractivity contribution is 6.42. The van der Waals surface area contributed by atoms with Crippen molar-refractivity contribution in [3.05, 3.63) is 75.8 Å². The van der Waals surface area contributed by atoms with Crippen LogP contribution in [-0.4, -0.2) is 53.9 Å². The Labute approximate surface area is 200 Å². The molecule has 7 nitrogen and oxygen atoms in total. The fourth-order valence-electron chi connectivity index (χ4n) is 3.86. The van der Waals surface area contributed by atoms with Gasteiger partial charge < -0.3 is 20.3 Å². The molecule has 3 amide bonds. The Bertz CT molecular complexity index is 1250. The van der Waals surface area contributed by atoms with E-state index in [0.29, 0.717) is 47.1 Å². The molecule has 0 aliphatic carbocycles. The van der Waals surface area contributed by atoms with Gasteiger partial charge in [-0.2, -0.15) is 0 Å². The van der Waals surface area contributed by atoms with Gasteiger partial charge in [0.15, 0.2) is 0 Å². The van der Waals surface area contributed by atoms with Crippen molar-refractivity contribution >= 4 is 51.9 Å². The van der Waals surface area contributed by atoms with Gasteiger partial charge >= 0.3 is 6.09 Å². The fourth-order valence-corrected chi connectivity index (χ4v) is 4.16. The van der Waals surface area contributed by atoms with E-state index in [9.17, 15) is 14.4 Å². The van der Waals surface area contributed by atoms with Gasteiger partial charge in [0, 0.05) is 31.7 Å². The van der Waals surface area contributed by atoms with Crippen LogP contribution in [0.1, 0.15) is 27.1 Å². The summed E-state index contributed by atoms with van der Waals surface area (Å²) < 4.78 is 5.57. The van der Waals surface area contributed by atoms with Crippen LogP contribution in [-0.2, 0) is 0 Å².